The second-order valence-corrected chi connectivity index (χ2v) is 7.93. The summed E-state index contributed by atoms with van der Waals surface area (Å²) in [5, 5.41) is 2.43. The average Bonchev–Trinajstić information content (AvgIpc) is 2.48. The SMILES string of the molecule is FC(F)(F)CSCCP(c1ccccc1)c1ccccc1. The van der Waals surface area contributed by atoms with Crippen molar-refractivity contribution >= 4 is 30.3 Å². The highest BCUT2D eigenvalue weighted by molar-refractivity contribution is 7.99. The van der Waals surface area contributed by atoms with Crippen LogP contribution in [0.15, 0.2) is 60.7 Å². The van der Waals surface area contributed by atoms with E-state index in [4.69, 9.17) is 0 Å². The first kappa shape index (κ1) is 16.4. The summed E-state index contributed by atoms with van der Waals surface area (Å²) in [4.78, 5) is 0. The fraction of sp³-hybridized carbons (Fsp3) is 0.250. The van der Waals surface area contributed by atoms with Gasteiger partial charge in [-0.15, -0.1) is 0 Å². The molecule has 0 aromatic heterocycles. The number of rotatable bonds is 6. The summed E-state index contributed by atoms with van der Waals surface area (Å²) in [6, 6.07) is 20.1. The summed E-state index contributed by atoms with van der Waals surface area (Å²) < 4.78 is 36.6. The molecule has 0 nitrogen and oxygen atoms in total. The Bertz CT molecular complexity index is 489. The van der Waals surface area contributed by atoms with E-state index in [2.05, 4.69) is 24.3 Å². The number of halogens is 3. The van der Waals surface area contributed by atoms with Gasteiger partial charge in [0.05, 0.1) is 5.75 Å². The Morgan fingerprint density at radius 1 is 0.810 bits per heavy atom. The average molecular weight is 328 g/mol. The van der Waals surface area contributed by atoms with Gasteiger partial charge < -0.3 is 0 Å². The Kier molecular flexibility index (Phi) is 6.13. The zero-order chi connectivity index (χ0) is 15.1. The van der Waals surface area contributed by atoms with Gasteiger partial charge in [-0.3, -0.25) is 0 Å². The van der Waals surface area contributed by atoms with E-state index < -0.39 is 19.9 Å². The molecule has 5 heteroatoms. The highest BCUT2D eigenvalue weighted by atomic mass is 32.2. The van der Waals surface area contributed by atoms with E-state index in [-0.39, 0.29) is 0 Å². The predicted molar refractivity (Wildman–Crippen MR) is 87.3 cm³/mol. The Morgan fingerprint density at radius 2 is 1.29 bits per heavy atom. The molecule has 0 fully saturated rings. The molecule has 2 aromatic rings. The summed E-state index contributed by atoms with van der Waals surface area (Å²) in [6.45, 7) is 0. The third-order valence-electron chi connectivity index (χ3n) is 2.86. The van der Waals surface area contributed by atoms with Gasteiger partial charge in [0.1, 0.15) is 0 Å². The largest absolute Gasteiger partial charge is 0.397 e. The van der Waals surface area contributed by atoms with Crippen LogP contribution < -0.4 is 10.6 Å². The minimum Gasteiger partial charge on any atom is -0.170 e. The van der Waals surface area contributed by atoms with E-state index in [1.54, 1.807) is 0 Å². The molecule has 0 spiro atoms. The van der Waals surface area contributed by atoms with Crippen LogP contribution in [0.25, 0.3) is 0 Å². The zero-order valence-corrected chi connectivity index (χ0v) is 13.1. The molecule has 0 atom stereocenters. The predicted octanol–water partition coefficient (Wildman–Crippen LogP) is 4.41. The van der Waals surface area contributed by atoms with E-state index in [0.717, 1.165) is 17.9 Å². The van der Waals surface area contributed by atoms with Crippen molar-refractivity contribution in [3.8, 4) is 0 Å². The van der Waals surface area contributed by atoms with Crippen LogP contribution in [0.2, 0.25) is 0 Å². The van der Waals surface area contributed by atoms with Crippen molar-refractivity contribution in [2.24, 2.45) is 0 Å². The molecule has 21 heavy (non-hydrogen) atoms. The van der Waals surface area contributed by atoms with Crippen molar-refractivity contribution in [3.05, 3.63) is 60.7 Å². The van der Waals surface area contributed by atoms with E-state index in [9.17, 15) is 13.2 Å². The molecule has 0 aliphatic rings. The van der Waals surface area contributed by atoms with Crippen molar-refractivity contribution in [1.29, 1.82) is 0 Å². The zero-order valence-electron chi connectivity index (χ0n) is 11.4. The number of hydrogen-bond donors (Lipinski definition) is 0. The maximum absolute atomic E-state index is 12.2. The molecule has 0 bridgehead atoms. The van der Waals surface area contributed by atoms with Crippen LogP contribution in [0.5, 0.6) is 0 Å². The van der Waals surface area contributed by atoms with Gasteiger partial charge in [0.25, 0.3) is 0 Å². The van der Waals surface area contributed by atoms with Crippen molar-refractivity contribution in [2.75, 3.05) is 17.7 Å². The van der Waals surface area contributed by atoms with Crippen LogP contribution in [0, 0.1) is 0 Å². The lowest BCUT2D eigenvalue weighted by Gasteiger charge is -2.18. The molecule has 0 aliphatic heterocycles. The van der Waals surface area contributed by atoms with Crippen molar-refractivity contribution in [3.63, 3.8) is 0 Å². The number of alkyl halides is 3. The second-order valence-electron chi connectivity index (χ2n) is 4.49. The van der Waals surface area contributed by atoms with Crippen LogP contribution in [0.4, 0.5) is 13.2 Å². The lowest BCUT2D eigenvalue weighted by Crippen LogP contribution is -2.16. The molecule has 0 unspecified atom stereocenters. The highest BCUT2D eigenvalue weighted by Gasteiger charge is 2.26. The Hall–Kier alpha value is -0.990. The standard InChI is InChI=1S/C16H16F3PS/c17-16(18,19)13-21-12-11-20(14-7-3-1-4-8-14)15-9-5-2-6-10-15/h1-10H,11-13H2. The van der Waals surface area contributed by atoms with Crippen molar-refractivity contribution < 1.29 is 13.2 Å². The van der Waals surface area contributed by atoms with Crippen LogP contribution in [-0.4, -0.2) is 23.8 Å². The Morgan fingerprint density at radius 3 is 1.71 bits per heavy atom. The third kappa shape index (κ3) is 5.72. The summed E-state index contributed by atoms with van der Waals surface area (Å²) in [6.07, 6.45) is -3.31. The fourth-order valence-electron chi connectivity index (χ4n) is 1.97. The quantitative estimate of drug-likeness (QED) is 0.559. The summed E-state index contributed by atoms with van der Waals surface area (Å²) in [5.41, 5.74) is 0. The molecule has 2 aromatic carbocycles. The van der Waals surface area contributed by atoms with Gasteiger partial charge in [0.15, 0.2) is 0 Å². The first-order valence-electron chi connectivity index (χ1n) is 6.58. The molecule has 0 amide bonds. The second kappa shape index (κ2) is 7.86. The molecule has 0 saturated heterocycles. The minimum atomic E-state index is -4.08. The number of hydrogen-bond acceptors (Lipinski definition) is 1. The number of thioether (sulfide) groups is 1. The molecular weight excluding hydrogens is 312 g/mol. The summed E-state index contributed by atoms with van der Waals surface area (Å²) in [5.74, 6) is -0.241. The highest BCUT2D eigenvalue weighted by Crippen LogP contribution is 2.34. The first-order valence-corrected chi connectivity index (χ1v) is 9.26. The topological polar surface area (TPSA) is 0 Å². The van der Waals surface area contributed by atoms with Crippen LogP contribution in [0.3, 0.4) is 0 Å². The minimum absolute atomic E-state index is 0.523. The fourth-order valence-corrected chi connectivity index (χ4v) is 5.47. The van der Waals surface area contributed by atoms with Gasteiger partial charge in [-0.05, 0) is 30.4 Å². The molecule has 0 N–H and O–H groups in total. The van der Waals surface area contributed by atoms with Crippen molar-refractivity contribution in [2.45, 2.75) is 6.18 Å². The molecule has 2 rings (SSSR count). The molecule has 0 aliphatic carbocycles. The van der Waals surface area contributed by atoms with Gasteiger partial charge in [0, 0.05) is 0 Å². The van der Waals surface area contributed by atoms with Crippen LogP contribution >= 0.6 is 19.7 Å². The monoisotopic (exact) mass is 328 g/mol. The van der Waals surface area contributed by atoms with E-state index in [1.807, 2.05) is 36.4 Å². The molecule has 0 radical (unpaired) electrons. The van der Waals surface area contributed by atoms with E-state index in [0.29, 0.717) is 5.75 Å². The first-order chi connectivity index (χ1) is 10.1. The molecule has 112 valence electrons. The van der Waals surface area contributed by atoms with Gasteiger partial charge in [-0.25, -0.2) is 0 Å². The van der Waals surface area contributed by atoms with Gasteiger partial charge >= 0.3 is 6.18 Å². The van der Waals surface area contributed by atoms with Crippen LogP contribution in [-0.2, 0) is 0 Å². The maximum atomic E-state index is 12.2. The molecular formula is C16H16F3PS. The summed E-state index contributed by atoms with van der Waals surface area (Å²) in [7, 11) is -0.587. The van der Waals surface area contributed by atoms with Gasteiger partial charge in [-0.1, -0.05) is 60.7 Å². The lowest BCUT2D eigenvalue weighted by atomic mass is 10.4. The van der Waals surface area contributed by atoms with Gasteiger partial charge in [-0.2, -0.15) is 24.9 Å². The van der Waals surface area contributed by atoms with Gasteiger partial charge in [0.2, 0.25) is 0 Å². The van der Waals surface area contributed by atoms with Crippen molar-refractivity contribution in [1.82, 2.24) is 0 Å². The Balaban J connectivity index is 2.04. The Labute approximate surface area is 128 Å². The van der Waals surface area contributed by atoms with E-state index in [1.165, 1.54) is 10.6 Å². The van der Waals surface area contributed by atoms with E-state index >= 15 is 0 Å². The molecule has 0 heterocycles. The number of benzene rings is 2. The third-order valence-corrected chi connectivity index (χ3v) is 6.70. The summed E-state index contributed by atoms with van der Waals surface area (Å²) >= 11 is 0.969. The maximum Gasteiger partial charge on any atom is 0.397 e. The van der Waals surface area contributed by atoms with Crippen LogP contribution in [0.1, 0.15) is 0 Å². The molecule has 0 saturated carbocycles. The normalized spacial score (nSPS) is 11.8. The smallest absolute Gasteiger partial charge is 0.170 e. The lowest BCUT2D eigenvalue weighted by molar-refractivity contribution is -0.105.